The smallest absolute Gasteiger partial charge is 0.194 e. The van der Waals surface area contributed by atoms with Gasteiger partial charge >= 0.3 is 0 Å². The summed E-state index contributed by atoms with van der Waals surface area (Å²) in [5.74, 6) is 1.89. The lowest BCUT2D eigenvalue weighted by Crippen LogP contribution is -2.02. The monoisotopic (exact) mass is 438 g/mol. The first-order chi connectivity index (χ1) is 15.7. The van der Waals surface area contributed by atoms with Gasteiger partial charge < -0.3 is 9.47 Å². The van der Waals surface area contributed by atoms with Crippen LogP contribution < -0.4 is 9.47 Å². The second kappa shape index (κ2) is 8.48. The highest BCUT2D eigenvalue weighted by Gasteiger charge is 2.38. The molecule has 1 heterocycles. The third-order valence-electron chi connectivity index (χ3n) is 5.78. The van der Waals surface area contributed by atoms with Crippen molar-refractivity contribution < 1.29 is 14.3 Å². The van der Waals surface area contributed by atoms with Crippen LogP contribution in [0.3, 0.4) is 0 Å². The Kier molecular flexibility index (Phi) is 5.38. The summed E-state index contributed by atoms with van der Waals surface area (Å²) in [5.41, 5.74) is 4.67. The van der Waals surface area contributed by atoms with Gasteiger partial charge in [0.2, 0.25) is 0 Å². The Balaban J connectivity index is 1.63. The zero-order valence-electron chi connectivity index (χ0n) is 17.9. The van der Waals surface area contributed by atoms with Gasteiger partial charge in [0.1, 0.15) is 17.2 Å². The van der Waals surface area contributed by atoms with E-state index in [1.54, 1.807) is 18.4 Å². The first-order valence-electron chi connectivity index (χ1n) is 10.5. The van der Waals surface area contributed by atoms with Crippen LogP contribution >= 0.6 is 11.3 Å². The van der Waals surface area contributed by atoms with E-state index in [0.717, 1.165) is 27.3 Å². The number of fused-ring (bicyclic) bond motifs is 1. The van der Waals surface area contributed by atoms with E-state index >= 15 is 0 Å². The minimum Gasteiger partial charge on any atom is -0.497 e. The van der Waals surface area contributed by atoms with Crippen molar-refractivity contribution in [3.05, 3.63) is 117 Å². The zero-order chi connectivity index (χ0) is 22.1. The molecule has 1 atom stereocenters. The van der Waals surface area contributed by atoms with E-state index in [4.69, 9.17) is 9.47 Å². The fourth-order valence-corrected chi connectivity index (χ4v) is 5.03. The van der Waals surface area contributed by atoms with Crippen molar-refractivity contribution in [2.75, 3.05) is 7.11 Å². The van der Waals surface area contributed by atoms with Crippen LogP contribution in [0, 0.1) is 6.92 Å². The van der Waals surface area contributed by atoms with Crippen LogP contribution in [0.5, 0.6) is 17.2 Å². The Morgan fingerprint density at radius 2 is 1.62 bits per heavy atom. The number of benzene rings is 3. The Morgan fingerprint density at radius 3 is 2.31 bits per heavy atom. The molecule has 1 aliphatic carbocycles. The van der Waals surface area contributed by atoms with Crippen molar-refractivity contribution in [3.8, 4) is 17.2 Å². The lowest BCUT2D eigenvalue weighted by molar-refractivity contribution is 0.103. The van der Waals surface area contributed by atoms with Gasteiger partial charge in [0.15, 0.2) is 5.78 Å². The van der Waals surface area contributed by atoms with Crippen molar-refractivity contribution in [2.24, 2.45) is 0 Å². The Hall–Kier alpha value is -3.63. The molecule has 0 bridgehead atoms. The SMILES string of the molecule is COc1ccc(Oc2cccc3c2C(=O)C(=Cc2sccc2C)C3c2ccccc2)cc1. The molecule has 0 saturated heterocycles. The van der Waals surface area contributed by atoms with Crippen molar-refractivity contribution in [1.82, 2.24) is 0 Å². The van der Waals surface area contributed by atoms with Gasteiger partial charge in [-0.15, -0.1) is 11.3 Å². The number of carbonyl (C=O) groups excluding carboxylic acids is 1. The number of ether oxygens (including phenoxy) is 2. The molecule has 0 fully saturated rings. The van der Waals surface area contributed by atoms with Crippen molar-refractivity contribution in [3.63, 3.8) is 0 Å². The lowest BCUT2D eigenvalue weighted by atomic mass is 9.89. The molecule has 5 rings (SSSR count). The molecule has 158 valence electrons. The van der Waals surface area contributed by atoms with E-state index in [1.165, 1.54) is 5.56 Å². The molecule has 1 unspecified atom stereocenters. The molecule has 32 heavy (non-hydrogen) atoms. The maximum atomic E-state index is 13.8. The number of aryl methyl sites for hydroxylation is 1. The molecular weight excluding hydrogens is 416 g/mol. The van der Waals surface area contributed by atoms with Gasteiger partial charge in [-0.2, -0.15) is 0 Å². The fraction of sp³-hybridized carbons (Fsp3) is 0.107. The molecule has 4 aromatic rings. The number of Topliss-reactive ketones (excluding diaryl/α,β-unsaturated/α-hetero) is 1. The third kappa shape index (κ3) is 3.63. The average Bonchev–Trinajstić information content (AvgIpc) is 3.36. The number of methoxy groups -OCH3 is 1. The second-order valence-corrected chi connectivity index (χ2v) is 8.69. The van der Waals surface area contributed by atoms with Gasteiger partial charge in [0.05, 0.1) is 12.7 Å². The van der Waals surface area contributed by atoms with Gasteiger partial charge in [-0.25, -0.2) is 0 Å². The van der Waals surface area contributed by atoms with E-state index in [2.05, 4.69) is 36.6 Å². The number of rotatable bonds is 5. The van der Waals surface area contributed by atoms with Crippen molar-refractivity contribution in [1.29, 1.82) is 0 Å². The third-order valence-corrected chi connectivity index (χ3v) is 6.74. The number of ketones is 1. The Morgan fingerprint density at radius 1 is 0.875 bits per heavy atom. The molecule has 3 nitrogen and oxygen atoms in total. The Bertz CT molecular complexity index is 1300. The van der Waals surface area contributed by atoms with E-state index in [9.17, 15) is 4.79 Å². The quantitative estimate of drug-likeness (QED) is 0.307. The van der Waals surface area contributed by atoms with E-state index in [-0.39, 0.29) is 11.7 Å². The fourth-order valence-electron chi connectivity index (χ4n) is 4.16. The molecule has 4 heteroatoms. The predicted molar refractivity (Wildman–Crippen MR) is 129 cm³/mol. The number of hydrogen-bond donors (Lipinski definition) is 0. The molecule has 1 aromatic heterocycles. The lowest BCUT2D eigenvalue weighted by Gasteiger charge is -2.14. The van der Waals surface area contributed by atoms with Crippen LogP contribution in [0.25, 0.3) is 6.08 Å². The molecule has 0 spiro atoms. The van der Waals surface area contributed by atoms with Gasteiger partial charge in [-0.1, -0.05) is 42.5 Å². The predicted octanol–water partition coefficient (Wildman–Crippen LogP) is 7.27. The standard InChI is InChI=1S/C28H22O3S/c1-18-15-16-32-25(18)17-23-26(19-7-4-3-5-8-19)22-9-6-10-24(27(22)28(23)29)31-21-13-11-20(30-2)12-14-21/h3-17,26H,1-2H3. The van der Waals surface area contributed by atoms with Gasteiger partial charge in [0, 0.05) is 16.4 Å². The van der Waals surface area contributed by atoms with Gasteiger partial charge in [-0.05, 0) is 71.5 Å². The summed E-state index contributed by atoms with van der Waals surface area (Å²) >= 11 is 1.65. The van der Waals surface area contributed by atoms with Crippen LogP contribution in [0.1, 0.15) is 37.8 Å². The Labute approximate surface area is 191 Å². The maximum Gasteiger partial charge on any atom is 0.194 e. The molecule has 0 aliphatic heterocycles. The summed E-state index contributed by atoms with van der Waals surface area (Å²) in [6, 6.07) is 25.5. The molecule has 0 N–H and O–H groups in total. The number of hydrogen-bond acceptors (Lipinski definition) is 4. The normalized spacial score (nSPS) is 16.2. The minimum absolute atomic E-state index is 0.0192. The number of thiophene rings is 1. The van der Waals surface area contributed by atoms with Crippen molar-refractivity contribution >= 4 is 23.2 Å². The summed E-state index contributed by atoms with van der Waals surface area (Å²) in [6.07, 6.45) is 2.05. The summed E-state index contributed by atoms with van der Waals surface area (Å²) in [4.78, 5) is 14.9. The first kappa shape index (κ1) is 20.3. The van der Waals surface area contributed by atoms with Crippen molar-refractivity contribution in [2.45, 2.75) is 12.8 Å². The van der Waals surface area contributed by atoms with Gasteiger partial charge in [-0.3, -0.25) is 4.79 Å². The van der Waals surface area contributed by atoms with Gasteiger partial charge in [0.25, 0.3) is 0 Å². The molecular formula is C28H22O3S. The summed E-state index contributed by atoms with van der Waals surface area (Å²) in [5, 5.41) is 2.06. The molecule has 1 aliphatic rings. The second-order valence-electron chi connectivity index (χ2n) is 7.74. The molecule has 0 radical (unpaired) electrons. The first-order valence-corrected chi connectivity index (χ1v) is 11.3. The summed E-state index contributed by atoms with van der Waals surface area (Å²) in [6.45, 7) is 2.07. The van der Waals surface area contributed by atoms with Crippen LogP contribution in [0.4, 0.5) is 0 Å². The number of allylic oxidation sites excluding steroid dienone is 1. The minimum atomic E-state index is -0.125. The van der Waals surface area contributed by atoms with E-state index < -0.39 is 0 Å². The van der Waals surface area contributed by atoms with E-state index in [1.807, 2.05) is 60.7 Å². The highest BCUT2D eigenvalue weighted by atomic mass is 32.1. The average molecular weight is 439 g/mol. The topological polar surface area (TPSA) is 35.5 Å². The highest BCUT2D eigenvalue weighted by Crippen LogP contribution is 2.47. The maximum absolute atomic E-state index is 13.8. The summed E-state index contributed by atoms with van der Waals surface area (Å²) < 4.78 is 11.4. The number of carbonyl (C=O) groups is 1. The highest BCUT2D eigenvalue weighted by molar-refractivity contribution is 7.11. The zero-order valence-corrected chi connectivity index (χ0v) is 18.7. The van der Waals surface area contributed by atoms with Crippen LogP contribution in [-0.2, 0) is 0 Å². The largest absolute Gasteiger partial charge is 0.497 e. The van der Waals surface area contributed by atoms with Crippen LogP contribution in [0.15, 0.2) is 89.8 Å². The van der Waals surface area contributed by atoms with E-state index in [0.29, 0.717) is 17.1 Å². The van der Waals surface area contributed by atoms with Crippen LogP contribution in [0.2, 0.25) is 0 Å². The van der Waals surface area contributed by atoms with Crippen LogP contribution in [-0.4, -0.2) is 12.9 Å². The summed E-state index contributed by atoms with van der Waals surface area (Å²) in [7, 11) is 1.63. The molecule has 3 aromatic carbocycles. The molecule has 0 saturated carbocycles. The molecule has 0 amide bonds.